The molecule has 0 aromatic heterocycles. The summed E-state index contributed by atoms with van der Waals surface area (Å²) in [7, 11) is 0. The van der Waals surface area contributed by atoms with E-state index < -0.39 is 70.3 Å². The number of ether oxygens (including phenoxy) is 7. The third kappa shape index (κ3) is 2.94. The van der Waals surface area contributed by atoms with Crippen molar-refractivity contribution >= 4 is 11.9 Å². The van der Waals surface area contributed by atoms with E-state index in [1.807, 2.05) is 0 Å². The maximum Gasteiger partial charge on any atom is 0.338 e. The molecule has 2 aliphatic carbocycles. The summed E-state index contributed by atoms with van der Waals surface area (Å²) < 4.78 is 42.8. The number of cyclic esters (lactones) is 1. The van der Waals surface area contributed by atoms with Gasteiger partial charge in [-0.3, -0.25) is 0 Å². The van der Waals surface area contributed by atoms with E-state index in [0.29, 0.717) is 25.9 Å². The molecule has 12 atom stereocenters. The molecule has 2 N–H and O–H groups in total. The van der Waals surface area contributed by atoms with Gasteiger partial charge < -0.3 is 43.4 Å². The summed E-state index contributed by atoms with van der Waals surface area (Å²) in [6.45, 7) is 4.85. The topological polar surface area (TPSA) is 146 Å². The Bertz CT molecular complexity index is 1250. The van der Waals surface area contributed by atoms with E-state index in [2.05, 4.69) is 19.9 Å². The molecule has 216 valence electrons. The fraction of sp³-hybridized carbons (Fsp3) is 0.724. The van der Waals surface area contributed by atoms with Crippen molar-refractivity contribution in [2.45, 2.75) is 99.2 Å². The van der Waals surface area contributed by atoms with Crippen molar-refractivity contribution < 1.29 is 53.0 Å². The summed E-state index contributed by atoms with van der Waals surface area (Å²) in [4.78, 5) is 26.8. The fourth-order valence-corrected chi connectivity index (χ4v) is 8.86. The summed E-state index contributed by atoms with van der Waals surface area (Å²) >= 11 is 0. The highest BCUT2D eigenvalue weighted by molar-refractivity contribution is 5.82. The van der Waals surface area contributed by atoms with E-state index in [9.17, 15) is 19.8 Å². The summed E-state index contributed by atoms with van der Waals surface area (Å²) in [5, 5.41) is 21.3. The zero-order valence-electron chi connectivity index (χ0n) is 22.4. The monoisotopic (exact) mass is 558 g/mol. The van der Waals surface area contributed by atoms with Crippen LogP contribution in [0.4, 0.5) is 0 Å². The van der Waals surface area contributed by atoms with Crippen molar-refractivity contribution in [1.82, 2.24) is 0 Å². The van der Waals surface area contributed by atoms with Crippen molar-refractivity contribution in [2.24, 2.45) is 10.8 Å². The number of carbonyl (C=O) groups is 2. The normalized spacial score (nSPS) is 56.8. The zero-order chi connectivity index (χ0) is 27.7. The number of carbonyl (C=O) groups excluding carboxylic acids is 2. The van der Waals surface area contributed by atoms with Gasteiger partial charge in [0.1, 0.15) is 41.7 Å². The summed E-state index contributed by atoms with van der Waals surface area (Å²) in [5.41, 5.74) is -3.37. The molecule has 8 rings (SSSR count). The van der Waals surface area contributed by atoms with Crippen molar-refractivity contribution in [1.29, 1.82) is 0 Å². The van der Waals surface area contributed by atoms with Gasteiger partial charge in [0.05, 0.1) is 30.8 Å². The lowest BCUT2D eigenvalue weighted by atomic mass is 9.51. The van der Waals surface area contributed by atoms with Gasteiger partial charge in [-0.25, -0.2) is 9.59 Å². The first-order valence-electron chi connectivity index (χ1n) is 14.2. The van der Waals surface area contributed by atoms with Crippen molar-refractivity contribution in [3.05, 3.63) is 36.0 Å². The fourth-order valence-electron chi connectivity index (χ4n) is 8.86. The molecular formula is C29H34O11. The maximum absolute atomic E-state index is 13.7. The summed E-state index contributed by atoms with van der Waals surface area (Å²) in [6, 6.07) is 0. The van der Waals surface area contributed by atoms with Gasteiger partial charge in [0.15, 0.2) is 12.4 Å². The van der Waals surface area contributed by atoms with E-state index in [0.717, 1.165) is 6.42 Å². The number of allylic oxidation sites excluding steroid dienone is 3. The predicted molar refractivity (Wildman–Crippen MR) is 132 cm³/mol. The Labute approximate surface area is 231 Å². The van der Waals surface area contributed by atoms with Crippen LogP contribution in [0.1, 0.15) is 39.5 Å². The molecule has 6 fully saturated rings. The largest absolute Gasteiger partial charge is 0.463 e. The molecule has 6 aliphatic heterocycles. The van der Waals surface area contributed by atoms with Crippen LogP contribution >= 0.6 is 0 Å². The third-order valence-corrected chi connectivity index (χ3v) is 11.3. The average Bonchev–Trinajstić information content (AvgIpc) is 3.83. The van der Waals surface area contributed by atoms with Crippen LogP contribution in [0.2, 0.25) is 0 Å². The van der Waals surface area contributed by atoms with E-state index >= 15 is 0 Å². The number of rotatable bonds is 0. The van der Waals surface area contributed by atoms with E-state index in [4.69, 9.17) is 33.2 Å². The van der Waals surface area contributed by atoms with Gasteiger partial charge >= 0.3 is 11.9 Å². The van der Waals surface area contributed by atoms with Crippen LogP contribution in [0.3, 0.4) is 0 Å². The maximum atomic E-state index is 13.7. The van der Waals surface area contributed by atoms with E-state index in [1.165, 1.54) is 17.7 Å². The first-order chi connectivity index (χ1) is 19.1. The molecular weight excluding hydrogens is 524 g/mol. The highest BCUT2D eigenvalue weighted by atomic mass is 16.7. The number of aliphatic hydroxyl groups is 2. The summed E-state index contributed by atoms with van der Waals surface area (Å²) in [6.07, 6.45) is 4.33. The van der Waals surface area contributed by atoms with Crippen LogP contribution < -0.4 is 0 Å². The molecule has 2 unspecified atom stereocenters. The number of esters is 2. The standard InChI is InChI=1S/C29H34O11/c1-15-6-8-26-13-34-23(33)21-28(40-21)9-10-35-27(20(31)22(32)39-24(27)28)7-4-3-5-19(30)38-16-12-18(37-17(26)11-15)29(14-36-29)25(16,26)2/h3-5,7,11,16-18,20-22,24,31-32H,6,8-10,12-14H2,1-2H3/b5-3-,7-4?/t16-,17-,18-,20+,21?,22-,24+,25-,26-,27-,28?,29+/m1/s1. The van der Waals surface area contributed by atoms with Crippen molar-refractivity contribution in [2.75, 3.05) is 19.8 Å². The molecule has 0 amide bonds. The van der Waals surface area contributed by atoms with E-state index in [-0.39, 0.29) is 25.4 Å². The molecule has 0 radical (unpaired) electrons. The van der Waals surface area contributed by atoms with Gasteiger partial charge in [0.2, 0.25) is 0 Å². The first-order valence-corrected chi connectivity index (χ1v) is 14.2. The van der Waals surface area contributed by atoms with Gasteiger partial charge in [0.25, 0.3) is 0 Å². The van der Waals surface area contributed by atoms with Gasteiger partial charge in [-0.2, -0.15) is 0 Å². The molecule has 4 bridgehead atoms. The molecule has 11 heteroatoms. The minimum Gasteiger partial charge on any atom is -0.463 e. The van der Waals surface area contributed by atoms with Gasteiger partial charge in [-0.1, -0.05) is 30.7 Å². The predicted octanol–water partition coefficient (Wildman–Crippen LogP) is 0.615. The lowest BCUT2D eigenvalue weighted by Crippen LogP contribution is -2.67. The smallest absolute Gasteiger partial charge is 0.338 e. The third-order valence-electron chi connectivity index (χ3n) is 11.3. The first kappa shape index (κ1) is 25.6. The Kier molecular flexibility index (Phi) is 5.14. The summed E-state index contributed by atoms with van der Waals surface area (Å²) in [5.74, 6) is -1.07. The molecule has 1 saturated carbocycles. The lowest BCUT2D eigenvalue weighted by molar-refractivity contribution is -0.233. The van der Waals surface area contributed by atoms with Crippen LogP contribution in [0.5, 0.6) is 0 Å². The molecule has 8 aliphatic rings. The van der Waals surface area contributed by atoms with Crippen LogP contribution in [-0.4, -0.2) is 102 Å². The Morgan fingerprint density at radius 1 is 1.02 bits per heavy atom. The second kappa shape index (κ2) is 8.03. The molecule has 0 aromatic carbocycles. The van der Waals surface area contributed by atoms with E-state index in [1.54, 1.807) is 12.2 Å². The molecule has 40 heavy (non-hydrogen) atoms. The van der Waals surface area contributed by atoms with Crippen molar-refractivity contribution in [3.63, 3.8) is 0 Å². The number of epoxide rings is 2. The molecule has 5 saturated heterocycles. The van der Waals surface area contributed by atoms with Gasteiger partial charge in [-0.05, 0) is 25.8 Å². The molecule has 3 spiro atoms. The minimum absolute atomic E-state index is 0.0345. The zero-order valence-corrected chi connectivity index (χ0v) is 22.4. The number of hydrogen-bond donors (Lipinski definition) is 2. The molecule has 0 aromatic rings. The van der Waals surface area contributed by atoms with Crippen molar-refractivity contribution in [3.8, 4) is 0 Å². The molecule has 6 heterocycles. The highest BCUT2D eigenvalue weighted by Crippen LogP contribution is 2.72. The Balaban J connectivity index is 1.22. The lowest BCUT2D eigenvalue weighted by Gasteiger charge is -2.58. The Morgan fingerprint density at radius 2 is 1.85 bits per heavy atom. The number of hydrogen-bond acceptors (Lipinski definition) is 11. The average molecular weight is 559 g/mol. The second-order valence-corrected chi connectivity index (χ2v) is 12.8. The quantitative estimate of drug-likeness (QED) is 0.245. The Morgan fingerprint density at radius 3 is 2.65 bits per heavy atom. The molecule has 11 nitrogen and oxygen atoms in total. The number of aliphatic hydroxyl groups excluding tert-OH is 2. The SMILES string of the molecule is CC1=C[C@H]2O[C@@H]3C[C@H]4OC(=O)/C=C\C=C[C@]56OCCC7(OC7C(=O)OC[C@@]2(CC1)[C@]4(C)[C@]31CO1)[C@H]5O[C@@H](O)[C@@H]6O. The van der Waals surface area contributed by atoms with Crippen LogP contribution in [0.15, 0.2) is 36.0 Å². The van der Waals surface area contributed by atoms with Gasteiger partial charge in [-0.15, -0.1) is 0 Å². The Hall–Kier alpha value is -2.12. The van der Waals surface area contributed by atoms with Crippen LogP contribution in [0.25, 0.3) is 0 Å². The van der Waals surface area contributed by atoms with Crippen LogP contribution in [0, 0.1) is 10.8 Å². The second-order valence-electron chi connectivity index (χ2n) is 12.8. The highest BCUT2D eigenvalue weighted by Gasteiger charge is 2.83. The van der Waals surface area contributed by atoms with Crippen LogP contribution in [-0.2, 0) is 42.7 Å². The minimum atomic E-state index is -1.54. The van der Waals surface area contributed by atoms with Gasteiger partial charge in [0, 0.05) is 24.3 Å².